The fraction of sp³-hybridized carbons (Fsp3) is 0.111. The normalized spacial score (nSPS) is 10.9. The van der Waals surface area contributed by atoms with Gasteiger partial charge >= 0.3 is 0 Å². The first-order chi connectivity index (χ1) is 6.20. The van der Waals surface area contributed by atoms with E-state index in [4.69, 9.17) is 17.3 Å². The third-order valence-electron chi connectivity index (χ3n) is 1.82. The van der Waals surface area contributed by atoms with Gasteiger partial charge in [-0.3, -0.25) is 0 Å². The van der Waals surface area contributed by atoms with Crippen LogP contribution in [0.2, 0.25) is 0 Å². The summed E-state index contributed by atoms with van der Waals surface area (Å²) in [5, 5.41) is 1.52. The highest BCUT2D eigenvalue weighted by molar-refractivity contribution is 7.22. The van der Waals surface area contributed by atoms with Crippen molar-refractivity contribution in [1.29, 1.82) is 0 Å². The Bertz CT molecular complexity index is 452. The lowest BCUT2D eigenvalue weighted by Crippen LogP contribution is -1.80. The van der Waals surface area contributed by atoms with Crippen LogP contribution in [0.5, 0.6) is 0 Å². The van der Waals surface area contributed by atoms with Gasteiger partial charge in [0.1, 0.15) is 5.82 Å². The molecule has 0 amide bonds. The average molecular weight is 216 g/mol. The van der Waals surface area contributed by atoms with E-state index in [1.807, 2.05) is 0 Å². The maximum absolute atomic E-state index is 13.0. The SMILES string of the molecule is Nc1cc2cc(F)cc(CCl)c2s1. The molecule has 1 aromatic carbocycles. The lowest BCUT2D eigenvalue weighted by molar-refractivity contribution is 0.628. The average Bonchev–Trinajstić information content (AvgIpc) is 2.43. The van der Waals surface area contributed by atoms with E-state index in [0.29, 0.717) is 10.9 Å². The van der Waals surface area contributed by atoms with Crippen molar-refractivity contribution in [3.63, 3.8) is 0 Å². The first-order valence-electron chi connectivity index (χ1n) is 3.74. The second kappa shape index (κ2) is 3.16. The van der Waals surface area contributed by atoms with Gasteiger partial charge in [-0.05, 0) is 29.1 Å². The Balaban J connectivity index is 2.80. The smallest absolute Gasteiger partial charge is 0.124 e. The third kappa shape index (κ3) is 1.49. The van der Waals surface area contributed by atoms with E-state index >= 15 is 0 Å². The van der Waals surface area contributed by atoms with Gasteiger partial charge in [0.25, 0.3) is 0 Å². The predicted molar refractivity (Wildman–Crippen MR) is 55.8 cm³/mol. The quantitative estimate of drug-likeness (QED) is 0.726. The summed E-state index contributed by atoms with van der Waals surface area (Å²) in [4.78, 5) is 0. The molecule has 0 atom stereocenters. The number of alkyl halides is 1. The molecule has 0 bridgehead atoms. The molecule has 0 fully saturated rings. The number of benzene rings is 1. The Morgan fingerprint density at radius 2 is 2.15 bits per heavy atom. The number of halogens is 2. The molecule has 13 heavy (non-hydrogen) atoms. The van der Waals surface area contributed by atoms with Crippen molar-refractivity contribution < 1.29 is 4.39 Å². The number of thiophene rings is 1. The number of nitrogen functional groups attached to an aromatic ring is 1. The van der Waals surface area contributed by atoms with Crippen molar-refractivity contribution in [3.05, 3.63) is 29.6 Å². The zero-order valence-corrected chi connectivity index (χ0v) is 8.25. The van der Waals surface area contributed by atoms with Gasteiger partial charge in [-0.15, -0.1) is 22.9 Å². The molecular weight excluding hydrogens is 209 g/mol. The molecule has 0 spiro atoms. The van der Waals surface area contributed by atoms with Gasteiger partial charge in [0.15, 0.2) is 0 Å². The van der Waals surface area contributed by atoms with Crippen molar-refractivity contribution in [3.8, 4) is 0 Å². The highest BCUT2D eigenvalue weighted by Gasteiger charge is 2.06. The summed E-state index contributed by atoms with van der Waals surface area (Å²) in [5.41, 5.74) is 6.42. The number of fused-ring (bicyclic) bond motifs is 1. The molecule has 0 saturated carbocycles. The first-order valence-corrected chi connectivity index (χ1v) is 5.09. The topological polar surface area (TPSA) is 26.0 Å². The molecule has 4 heteroatoms. The Kier molecular flexibility index (Phi) is 2.14. The summed E-state index contributed by atoms with van der Waals surface area (Å²) in [6.07, 6.45) is 0. The minimum Gasteiger partial charge on any atom is -0.391 e. The van der Waals surface area contributed by atoms with Crippen molar-refractivity contribution in [2.24, 2.45) is 0 Å². The van der Waals surface area contributed by atoms with E-state index in [9.17, 15) is 4.39 Å². The van der Waals surface area contributed by atoms with E-state index in [1.165, 1.54) is 23.5 Å². The number of hydrogen-bond donors (Lipinski definition) is 1. The summed E-state index contributed by atoms with van der Waals surface area (Å²) < 4.78 is 14.0. The zero-order chi connectivity index (χ0) is 9.42. The molecule has 0 unspecified atom stereocenters. The van der Waals surface area contributed by atoms with Crippen molar-refractivity contribution >= 4 is 38.0 Å². The van der Waals surface area contributed by atoms with Crippen LogP contribution < -0.4 is 5.73 Å². The van der Waals surface area contributed by atoms with Crippen LogP contribution in [0.25, 0.3) is 10.1 Å². The monoisotopic (exact) mass is 215 g/mol. The minimum atomic E-state index is -0.263. The number of nitrogens with two attached hydrogens (primary N) is 1. The number of hydrogen-bond acceptors (Lipinski definition) is 2. The maximum atomic E-state index is 13.0. The van der Waals surface area contributed by atoms with E-state index in [2.05, 4.69) is 0 Å². The lowest BCUT2D eigenvalue weighted by Gasteiger charge is -1.97. The van der Waals surface area contributed by atoms with Gasteiger partial charge in [0, 0.05) is 10.6 Å². The van der Waals surface area contributed by atoms with Gasteiger partial charge in [-0.2, -0.15) is 0 Å². The molecule has 2 rings (SSSR count). The van der Waals surface area contributed by atoms with Crippen LogP contribution in [-0.2, 0) is 5.88 Å². The van der Waals surface area contributed by atoms with E-state index < -0.39 is 0 Å². The molecule has 0 aliphatic heterocycles. The van der Waals surface area contributed by atoms with E-state index in [1.54, 1.807) is 6.07 Å². The fourth-order valence-corrected chi connectivity index (χ4v) is 2.51. The van der Waals surface area contributed by atoms with Crippen LogP contribution in [0.3, 0.4) is 0 Å². The van der Waals surface area contributed by atoms with Crippen LogP contribution in [0, 0.1) is 5.82 Å². The van der Waals surface area contributed by atoms with Gasteiger partial charge in [-0.25, -0.2) is 4.39 Å². The molecule has 1 nitrogen and oxygen atoms in total. The Morgan fingerprint density at radius 1 is 1.38 bits per heavy atom. The third-order valence-corrected chi connectivity index (χ3v) is 3.16. The molecule has 0 aliphatic rings. The molecule has 0 radical (unpaired) electrons. The zero-order valence-electron chi connectivity index (χ0n) is 6.68. The largest absolute Gasteiger partial charge is 0.391 e. The summed E-state index contributed by atoms with van der Waals surface area (Å²) >= 11 is 7.13. The first kappa shape index (κ1) is 8.78. The summed E-state index contributed by atoms with van der Waals surface area (Å²) in [5.74, 6) is 0.0507. The van der Waals surface area contributed by atoms with Crippen LogP contribution in [0.4, 0.5) is 9.39 Å². The predicted octanol–water partition coefficient (Wildman–Crippen LogP) is 3.36. The Labute approximate surface area is 83.9 Å². The van der Waals surface area contributed by atoms with E-state index in [0.717, 1.165) is 15.6 Å². The maximum Gasteiger partial charge on any atom is 0.124 e. The molecule has 68 valence electrons. The van der Waals surface area contributed by atoms with E-state index in [-0.39, 0.29) is 5.82 Å². The van der Waals surface area contributed by atoms with Crippen molar-refractivity contribution in [1.82, 2.24) is 0 Å². The highest BCUT2D eigenvalue weighted by atomic mass is 35.5. The molecule has 0 aliphatic carbocycles. The van der Waals surface area contributed by atoms with Crippen LogP contribution in [0.1, 0.15) is 5.56 Å². The van der Waals surface area contributed by atoms with Crippen LogP contribution in [-0.4, -0.2) is 0 Å². The summed E-state index contributed by atoms with van der Waals surface area (Å²) in [7, 11) is 0. The summed E-state index contributed by atoms with van der Waals surface area (Å²) in [6, 6.07) is 4.68. The highest BCUT2D eigenvalue weighted by Crippen LogP contribution is 2.31. The second-order valence-electron chi connectivity index (χ2n) is 2.77. The molecule has 2 N–H and O–H groups in total. The molecule has 1 heterocycles. The Hall–Kier alpha value is -0.800. The van der Waals surface area contributed by atoms with Gasteiger partial charge in [0.2, 0.25) is 0 Å². The second-order valence-corrected chi connectivity index (χ2v) is 4.12. The molecule has 1 aromatic heterocycles. The van der Waals surface area contributed by atoms with Crippen molar-refractivity contribution in [2.75, 3.05) is 5.73 Å². The van der Waals surface area contributed by atoms with Crippen molar-refractivity contribution in [2.45, 2.75) is 5.88 Å². The minimum absolute atomic E-state index is 0.263. The molecular formula is C9H7ClFNS. The number of rotatable bonds is 1. The summed E-state index contributed by atoms with van der Waals surface area (Å²) in [6.45, 7) is 0. The fourth-order valence-electron chi connectivity index (χ4n) is 1.30. The van der Waals surface area contributed by atoms with Crippen LogP contribution >= 0.6 is 22.9 Å². The standard InChI is InChI=1S/C9H7ClFNS/c10-4-6-2-7(11)1-5-3-8(12)13-9(5)6/h1-3H,4,12H2. The Morgan fingerprint density at radius 3 is 2.85 bits per heavy atom. The molecule has 0 saturated heterocycles. The van der Waals surface area contributed by atoms with Gasteiger partial charge in [0.05, 0.1) is 5.00 Å². The molecule has 2 aromatic rings. The lowest BCUT2D eigenvalue weighted by atomic mass is 10.2. The number of anilines is 1. The van der Waals surface area contributed by atoms with Gasteiger partial charge in [-0.1, -0.05) is 0 Å². The van der Waals surface area contributed by atoms with Crippen LogP contribution in [0.15, 0.2) is 18.2 Å². The van der Waals surface area contributed by atoms with Gasteiger partial charge < -0.3 is 5.73 Å².